The van der Waals surface area contributed by atoms with Crippen molar-refractivity contribution in [2.24, 2.45) is 0 Å². The van der Waals surface area contributed by atoms with E-state index in [1.54, 1.807) is 72.8 Å². The second-order valence-electron chi connectivity index (χ2n) is 9.88. The summed E-state index contributed by atoms with van der Waals surface area (Å²) < 4.78 is 24.5. The van der Waals surface area contributed by atoms with Gasteiger partial charge in [0.15, 0.2) is 18.9 Å². The molecule has 0 aliphatic heterocycles. The number of carbonyl (C=O) groups excluding carboxylic acids is 2. The molecule has 1 aromatic heterocycles. The molecular weight excluding hydrogens is 530 g/mol. The molecule has 4 rings (SSSR count). The van der Waals surface area contributed by atoms with Crippen LogP contribution in [0.5, 0.6) is 23.0 Å². The smallest absolute Gasteiger partial charge is 0.343 e. The van der Waals surface area contributed by atoms with E-state index in [-0.39, 0.29) is 0 Å². The number of pyridine rings is 1. The van der Waals surface area contributed by atoms with E-state index < -0.39 is 11.9 Å². The van der Waals surface area contributed by atoms with Crippen LogP contribution in [0.2, 0.25) is 0 Å². The van der Waals surface area contributed by atoms with Gasteiger partial charge in [-0.1, -0.05) is 45.1 Å². The molecule has 1 heterocycles. The molecule has 4 aromatic rings. The highest BCUT2D eigenvalue weighted by Gasteiger charge is 2.12. The number of rotatable bonds is 16. The number of carbonyl (C=O) groups is 2. The molecule has 0 radical (unpaired) electrons. The van der Waals surface area contributed by atoms with Crippen LogP contribution in [-0.2, 0) is 6.54 Å². The van der Waals surface area contributed by atoms with Crippen LogP contribution >= 0.6 is 0 Å². The molecule has 7 nitrogen and oxygen atoms in total. The first kappa shape index (κ1) is 30.3. The van der Waals surface area contributed by atoms with Crippen LogP contribution in [0.25, 0.3) is 0 Å². The fourth-order valence-corrected chi connectivity index (χ4v) is 4.21. The monoisotopic (exact) mass is 568 g/mol. The van der Waals surface area contributed by atoms with Crippen molar-refractivity contribution < 1.29 is 33.1 Å². The topological polar surface area (TPSA) is 74.9 Å². The van der Waals surface area contributed by atoms with E-state index in [0.717, 1.165) is 18.7 Å². The Morgan fingerprint density at radius 1 is 0.548 bits per heavy atom. The van der Waals surface area contributed by atoms with Crippen molar-refractivity contribution in [2.75, 3.05) is 13.2 Å². The third-order valence-corrected chi connectivity index (χ3v) is 6.59. The average Bonchev–Trinajstić information content (AvgIpc) is 3.02. The number of ether oxygens (including phenoxy) is 4. The molecule has 0 spiro atoms. The van der Waals surface area contributed by atoms with E-state index in [9.17, 15) is 9.59 Å². The zero-order valence-electron chi connectivity index (χ0n) is 24.1. The lowest BCUT2D eigenvalue weighted by molar-refractivity contribution is -0.697. The fraction of sp³-hybridized carbons (Fsp3) is 0.286. The molecule has 0 bridgehead atoms. The molecule has 0 unspecified atom stereocenters. The summed E-state index contributed by atoms with van der Waals surface area (Å²) in [6, 6.07) is 26.0. The summed E-state index contributed by atoms with van der Waals surface area (Å²) in [5, 5.41) is 0. The Morgan fingerprint density at radius 3 is 1.52 bits per heavy atom. The van der Waals surface area contributed by atoms with Crippen molar-refractivity contribution in [1.82, 2.24) is 0 Å². The maximum atomic E-state index is 12.6. The van der Waals surface area contributed by atoms with Crippen molar-refractivity contribution in [3.63, 3.8) is 0 Å². The van der Waals surface area contributed by atoms with Crippen molar-refractivity contribution in [3.05, 3.63) is 115 Å². The highest BCUT2D eigenvalue weighted by Crippen LogP contribution is 2.21. The maximum Gasteiger partial charge on any atom is 0.343 e. The molecule has 0 saturated carbocycles. The maximum absolute atomic E-state index is 12.6. The Labute approximate surface area is 247 Å². The number of hydrogen-bond donors (Lipinski definition) is 0. The number of hydrogen-bond acceptors (Lipinski definition) is 6. The first-order valence-corrected chi connectivity index (χ1v) is 14.5. The second kappa shape index (κ2) is 16.6. The molecule has 0 N–H and O–H groups in total. The van der Waals surface area contributed by atoms with E-state index in [1.807, 2.05) is 35.2 Å². The van der Waals surface area contributed by atoms with E-state index in [0.29, 0.717) is 41.6 Å². The summed E-state index contributed by atoms with van der Waals surface area (Å²) in [5.41, 5.74) is 0.818. The Morgan fingerprint density at radius 2 is 1.00 bits per heavy atom. The Bertz CT molecular complexity index is 1370. The van der Waals surface area contributed by atoms with Crippen molar-refractivity contribution in [3.8, 4) is 23.0 Å². The Kier molecular flexibility index (Phi) is 12.0. The third-order valence-electron chi connectivity index (χ3n) is 6.59. The fourth-order valence-electron chi connectivity index (χ4n) is 4.21. The van der Waals surface area contributed by atoms with Crippen LogP contribution < -0.4 is 23.5 Å². The van der Waals surface area contributed by atoms with Crippen LogP contribution in [0, 0.1) is 0 Å². The highest BCUT2D eigenvalue weighted by molar-refractivity contribution is 5.92. The van der Waals surface area contributed by atoms with Gasteiger partial charge in [-0.3, -0.25) is 0 Å². The van der Waals surface area contributed by atoms with Gasteiger partial charge in [0.2, 0.25) is 0 Å². The van der Waals surface area contributed by atoms with Crippen LogP contribution in [0.3, 0.4) is 0 Å². The minimum absolute atomic E-state index is 0.340. The van der Waals surface area contributed by atoms with E-state index in [2.05, 4.69) is 6.92 Å². The molecule has 0 aliphatic rings. The number of nitrogens with zero attached hydrogens (tertiary/aromatic N) is 1. The van der Waals surface area contributed by atoms with Gasteiger partial charge < -0.3 is 18.9 Å². The molecular formula is C35H38NO6+. The van der Waals surface area contributed by atoms with E-state index >= 15 is 0 Å². The standard InChI is InChI=1S/C35H38NO6/c1-2-3-4-5-6-10-26-39-30-15-11-28(12-16-30)34(37)41-32-19-21-33(22-20-32)42-35(38)29-13-17-31(18-14-29)40-27-25-36-23-8-7-9-24-36/h7-9,11-24H,2-6,10,25-27H2,1H3/q+1. The molecule has 0 amide bonds. The van der Waals surface area contributed by atoms with Gasteiger partial charge in [0.05, 0.1) is 17.7 Å². The summed E-state index contributed by atoms with van der Waals surface area (Å²) in [5.74, 6) is 1.11. The predicted molar refractivity (Wildman–Crippen MR) is 160 cm³/mol. The van der Waals surface area contributed by atoms with Crippen molar-refractivity contribution in [2.45, 2.75) is 52.0 Å². The van der Waals surface area contributed by atoms with Gasteiger partial charge in [-0.05, 0) is 79.2 Å². The number of esters is 2. The molecule has 3 aromatic carbocycles. The van der Waals surface area contributed by atoms with Crippen LogP contribution in [-0.4, -0.2) is 25.2 Å². The van der Waals surface area contributed by atoms with Crippen molar-refractivity contribution in [1.29, 1.82) is 0 Å². The zero-order chi connectivity index (χ0) is 29.4. The Balaban J connectivity index is 1.18. The van der Waals surface area contributed by atoms with Gasteiger partial charge >= 0.3 is 11.9 Å². The van der Waals surface area contributed by atoms with Gasteiger partial charge in [0, 0.05) is 12.1 Å². The van der Waals surface area contributed by atoms with Gasteiger partial charge in [-0.25, -0.2) is 14.2 Å². The molecule has 218 valence electrons. The molecule has 7 heteroatoms. The summed E-state index contributed by atoms with van der Waals surface area (Å²) in [7, 11) is 0. The number of aromatic nitrogens is 1. The normalized spacial score (nSPS) is 10.6. The molecule has 0 saturated heterocycles. The van der Waals surface area contributed by atoms with Gasteiger partial charge in [0.1, 0.15) is 29.6 Å². The Hall–Kier alpha value is -4.65. The number of benzene rings is 3. The molecule has 0 fully saturated rings. The lowest BCUT2D eigenvalue weighted by Crippen LogP contribution is -2.35. The summed E-state index contributed by atoms with van der Waals surface area (Å²) in [4.78, 5) is 25.1. The van der Waals surface area contributed by atoms with Crippen LogP contribution in [0.1, 0.15) is 66.2 Å². The quantitative estimate of drug-likeness (QED) is 0.0614. The average molecular weight is 569 g/mol. The summed E-state index contributed by atoms with van der Waals surface area (Å²) >= 11 is 0. The largest absolute Gasteiger partial charge is 0.494 e. The summed E-state index contributed by atoms with van der Waals surface area (Å²) in [6.07, 6.45) is 11.2. The van der Waals surface area contributed by atoms with E-state index in [4.69, 9.17) is 18.9 Å². The molecule has 0 atom stereocenters. The highest BCUT2D eigenvalue weighted by atomic mass is 16.5. The van der Waals surface area contributed by atoms with Crippen LogP contribution in [0.15, 0.2) is 103 Å². The zero-order valence-corrected chi connectivity index (χ0v) is 24.1. The first-order chi connectivity index (χ1) is 20.6. The van der Waals surface area contributed by atoms with E-state index in [1.165, 1.54) is 32.1 Å². The second-order valence-corrected chi connectivity index (χ2v) is 9.88. The summed E-state index contributed by atoms with van der Waals surface area (Å²) in [6.45, 7) is 4.11. The van der Waals surface area contributed by atoms with Gasteiger partial charge in [0.25, 0.3) is 0 Å². The molecule has 42 heavy (non-hydrogen) atoms. The predicted octanol–water partition coefficient (Wildman–Crippen LogP) is 7.23. The first-order valence-electron chi connectivity index (χ1n) is 14.5. The minimum atomic E-state index is -0.495. The van der Waals surface area contributed by atoms with Gasteiger partial charge in [-0.2, -0.15) is 0 Å². The molecule has 0 aliphatic carbocycles. The van der Waals surface area contributed by atoms with Crippen molar-refractivity contribution >= 4 is 11.9 Å². The number of unbranched alkanes of at least 4 members (excludes halogenated alkanes) is 5. The minimum Gasteiger partial charge on any atom is -0.494 e. The van der Waals surface area contributed by atoms with Gasteiger partial charge in [-0.15, -0.1) is 0 Å². The third kappa shape index (κ3) is 10.1. The lowest BCUT2D eigenvalue weighted by Gasteiger charge is -2.09. The lowest BCUT2D eigenvalue weighted by atomic mass is 10.1. The van der Waals surface area contributed by atoms with Crippen LogP contribution in [0.4, 0.5) is 0 Å². The SMILES string of the molecule is CCCCCCCCOc1ccc(C(=O)Oc2ccc(OC(=O)c3ccc(OCC[n+]4ccccc4)cc3)cc2)cc1.